The minimum atomic E-state index is 0.152. The minimum Gasteiger partial charge on any atom is -0.295 e. The zero-order valence-corrected chi connectivity index (χ0v) is 6.21. The fraction of sp³-hybridized carbons (Fsp3) is 0.500. The molecule has 0 aromatic heterocycles. The highest BCUT2D eigenvalue weighted by Gasteiger charge is 1.91. The van der Waals surface area contributed by atoms with Crippen molar-refractivity contribution in [2.75, 3.05) is 6.26 Å². The van der Waals surface area contributed by atoms with Crippen LogP contribution >= 0.6 is 11.8 Å². The highest BCUT2D eigenvalue weighted by Crippen LogP contribution is 2.01. The number of ketones is 1. The van der Waals surface area contributed by atoms with Gasteiger partial charge in [-0.1, -0.05) is 0 Å². The number of thioether (sulfide) groups is 1. The van der Waals surface area contributed by atoms with Crippen LogP contribution in [0.4, 0.5) is 0 Å². The molecular formula is C6H10OS. The summed E-state index contributed by atoms with van der Waals surface area (Å²) in [6.07, 6.45) is 1.94. The van der Waals surface area contributed by atoms with Gasteiger partial charge in [-0.25, -0.2) is 0 Å². The van der Waals surface area contributed by atoms with Crippen molar-refractivity contribution in [1.82, 2.24) is 0 Å². The molecule has 0 amide bonds. The summed E-state index contributed by atoms with van der Waals surface area (Å²) in [5.41, 5.74) is 0.831. The average Bonchev–Trinajstić information content (AvgIpc) is 1.67. The van der Waals surface area contributed by atoms with Crippen LogP contribution in [0.15, 0.2) is 11.0 Å². The molecule has 8 heavy (non-hydrogen) atoms. The first-order valence-corrected chi connectivity index (χ1v) is 3.67. The lowest BCUT2D eigenvalue weighted by molar-refractivity contribution is -0.113. The molecule has 0 saturated carbocycles. The van der Waals surface area contributed by atoms with E-state index in [1.807, 2.05) is 18.6 Å². The SMILES string of the molecule is CS/C=C(/C)C(C)=O. The van der Waals surface area contributed by atoms with Gasteiger partial charge in [0.05, 0.1) is 0 Å². The lowest BCUT2D eigenvalue weighted by Crippen LogP contribution is -1.88. The maximum Gasteiger partial charge on any atom is 0.156 e. The average molecular weight is 130 g/mol. The second-order valence-electron chi connectivity index (χ2n) is 1.59. The monoisotopic (exact) mass is 130 g/mol. The highest BCUT2D eigenvalue weighted by atomic mass is 32.2. The molecular weight excluding hydrogens is 120 g/mol. The van der Waals surface area contributed by atoms with E-state index in [9.17, 15) is 4.79 Å². The van der Waals surface area contributed by atoms with Crippen molar-refractivity contribution in [2.45, 2.75) is 13.8 Å². The number of Topliss-reactive ketones (excluding diaryl/α,β-unsaturated/α-hetero) is 1. The topological polar surface area (TPSA) is 17.1 Å². The number of carbonyl (C=O) groups excluding carboxylic acids is 1. The van der Waals surface area contributed by atoms with E-state index in [0.29, 0.717) is 0 Å². The zero-order chi connectivity index (χ0) is 6.57. The van der Waals surface area contributed by atoms with Gasteiger partial charge in [-0.2, -0.15) is 0 Å². The van der Waals surface area contributed by atoms with E-state index < -0.39 is 0 Å². The van der Waals surface area contributed by atoms with E-state index in [2.05, 4.69) is 0 Å². The van der Waals surface area contributed by atoms with Crippen LogP contribution in [0.2, 0.25) is 0 Å². The number of carbonyl (C=O) groups is 1. The van der Waals surface area contributed by atoms with Crippen molar-refractivity contribution in [3.8, 4) is 0 Å². The predicted octanol–water partition coefficient (Wildman–Crippen LogP) is 1.84. The first-order chi connectivity index (χ1) is 3.68. The van der Waals surface area contributed by atoms with Crippen LogP contribution in [0.1, 0.15) is 13.8 Å². The summed E-state index contributed by atoms with van der Waals surface area (Å²) in [5, 5.41) is 1.85. The molecule has 0 radical (unpaired) electrons. The van der Waals surface area contributed by atoms with Gasteiger partial charge in [0, 0.05) is 0 Å². The summed E-state index contributed by atoms with van der Waals surface area (Å²) < 4.78 is 0. The molecule has 0 aromatic rings. The Balaban J connectivity index is 3.80. The summed E-state index contributed by atoms with van der Waals surface area (Å²) in [6, 6.07) is 0. The Bertz CT molecular complexity index is 116. The third-order valence-electron chi connectivity index (χ3n) is 0.850. The van der Waals surface area contributed by atoms with Crippen molar-refractivity contribution < 1.29 is 4.79 Å². The summed E-state index contributed by atoms with van der Waals surface area (Å²) in [7, 11) is 0. The molecule has 0 rings (SSSR count). The molecule has 0 heterocycles. The van der Waals surface area contributed by atoms with E-state index in [0.717, 1.165) is 5.57 Å². The number of hydrogen-bond donors (Lipinski definition) is 0. The fourth-order valence-corrected chi connectivity index (χ4v) is 0.779. The number of rotatable bonds is 2. The predicted molar refractivity (Wildman–Crippen MR) is 38.0 cm³/mol. The van der Waals surface area contributed by atoms with Crippen LogP contribution in [0.5, 0.6) is 0 Å². The Hall–Kier alpha value is -0.240. The van der Waals surface area contributed by atoms with Gasteiger partial charge in [-0.05, 0) is 31.1 Å². The summed E-state index contributed by atoms with van der Waals surface area (Å²) >= 11 is 1.56. The molecule has 0 aromatic carbocycles. The molecule has 0 aliphatic carbocycles. The fourth-order valence-electron chi connectivity index (χ4n) is 0.260. The van der Waals surface area contributed by atoms with Gasteiger partial charge in [0.25, 0.3) is 0 Å². The summed E-state index contributed by atoms with van der Waals surface area (Å²) in [5.74, 6) is 0.152. The Morgan fingerprint density at radius 1 is 1.50 bits per heavy atom. The molecule has 0 spiro atoms. The van der Waals surface area contributed by atoms with E-state index >= 15 is 0 Å². The van der Waals surface area contributed by atoms with E-state index in [1.165, 1.54) is 0 Å². The Kier molecular flexibility index (Phi) is 3.61. The van der Waals surface area contributed by atoms with Crippen molar-refractivity contribution in [3.05, 3.63) is 11.0 Å². The number of hydrogen-bond acceptors (Lipinski definition) is 2. The van der Waals surface area contributed by atoms with Crippen molar-refractivity contribution in [2.24, 2.45) is 0 Å². The highest BCUT2D eigenvalue weighted by molar-refractivity contribution is 8.01. The van der Waals surface area contributed by atoms with Crippen molar-refractivity contribution in [1.29, 1.82) is 0 Å². The second-order valence-corrected chi connectivity index (χ2v) is 2.30. The standard InChI is InChI=1S/C6H10OS/c1-5(4-8-3)6(2)7/h4H,1-3H3/b5-4-. The minimum absolute atomic E-state index is 0.152. The van der Waals surface area contributed by atoms with Crippen LogP contribution in [-0.4, -0.2) is 12.0 Å². The van der Waals surface area contributed by atoms with Crippen LogP contribution < -0.4 is 0 Å². The van der Waals surface area contributed by atoms with E-state index in [-0.39, 0.29) is 5.78 Å². The van der Waals surface area contributed by atoms with Gasteiger partial charge in [-0.15, -0.1) is 11.8 Å². The van der Waals surface area contributed by atoms with E-state index in [4.69, 9.17) is 0 Å². The van der Waals surface area contributed by atoms with Crippen LogP contribution in [0.25, 0.3) is 0 Å². The van der Waals surface area contributed by atoms with Gasteiger partial charge in [0.2, 0.25) is 0 Å². The number of allylic oxidation sites excluding steroid dienone is 1. The zero-order valence-electron chi connectivity index (χ0n) is 5.39. The summed E-state index contributed by atoms with van der Waals surface area (Å²) in [6.45, 7) is 3.39. The Morgan fingerprint density at radius 3 is 2.12 bits per heavy atom. The van der Waals surface area contributed by atoms with Crippen LogP contribution in [0, 0.1) is 0 Å². The molecule has 1 nitrogen and oxygen atoms in total. The molecule has 0 aliphatic rings. The molecule has 46 valence electrons. The maximum absolute atomic E-state index is 10.5. The molecule has 0 N–H and O–H groups in total. The third-order valence-corrected chi connectivity index (χ3v) is 1.44. The van der Waals surface area contributed by atoms with Crippen LogP contribution in [-0.2, 0) is 4.79 Å². The summed E-state index contributed by atoms with van der Waals surface area (Å²) in [4.78, 5) is 10.5. The third kappa shape index (κ3) is 2.86. The van der Waals surface area contributed by atoms with Crippen molar-refractivity contribution >= 4 is 17.5 Å². The molecule has 0 atom stereocenters. The normalized spacial score (nSPS) is 11.6. The smallest absolute Gasteiger partial charge is 0.156 e. The van der Waals surface area contributed by atoms with Crippen LogP contribution in [0.3, 0.4) is 0 Å². The Morgan fingerprint density at radius 2 is 2.00 bits per heavy atom. The van der Waals surface area contributed by atoms with Gasteiger partial charge in [0.15, 0.2) is 5.78 Å². The molecule has 0 saturated heterocycles. The second kappa shape index (κ2) is 3.72. The quantitative estimate of drug-likeness (QED) is 0.530. The molecule has 0 unspecified atom stereocenters. The largest absolute Gasteiger partial charge is 0.295 e. The van der Waals surface area contributed by atoms with Gasteiger partial charge in [0.1, 0.15) is 0 Å². The van der Waals surface area contributed by atoms with Gasteiger partial charge < -0.3 is 0 Å². The maximum atomic E-state index is 10.5. The van der Waals surface area contributed by atoms with Gasteiger partial charge >= 0.3 is 0 Å². The lowest BCUT2D eigenvalue weighted by Gasteiger charge is -1.88. The van der Waals surface area contributed by atoms with Gasteiger partial charge in [-0.3, -0.25) is 4.79 Å². The van der Waals surface area contributed by atoms with E-state index in [1.54, 1.807) is 18.7 Å². The molecule has 0 bridgehead atoms. The van der Waals surface area contributed by atoms with Crippen molar-refractivity contribution in [3.63, 3.8) is 0 Å². The lowest BCUT2D eigenvalue weighted by atomic mass is 10.2. The molecule has 0 aliphatic heterocycles. The Labute approximate surface area is 54.2 Å². The molecule has 2 heteroatoms. The molecule has 0 fully saturated rings. The first-order valence-electron chi connectivity index (χ1n) is 2.39. The first kappa shape index (κ1) is 7.76.